The van der Waals surface area contributed by atoms with E-state index in [2.05, 4.69) is 10.4 Å². The number of hydrogen-bond donors (Lipinski definition) is 3. The van der Waals surface area contributed by atoms with Gasteiger partial charge in [-0.05, 0) is 27.6 Å². The van der Waals surface area contributed by atoms with Crippen LogP contribution in [-0.4, -0.2) is 28.3 Å². The molecule has 0 saturated carbocycles. The number of aliphatic carboxylic acids is 1. The Hall–Kier alpha value is -1.78. The molecule has 0 aliphatic carbocycles. The van der Waals surface area contributed by atoms with E-state index >= 15 is 0 Å². The van der Waals surface area contributed by atoms with Crippen molar-refractivity contribution in [3.63, 3.8) is 0 Å². The van der Waals surface area contributed by atoms with Crippen LogP contribution in [0.15, 0.2) is 30.3 Å². The molecule has 0 aromatic heterocycles. The van der Waals surface area contributed by atoms with E-state index in [4.69, 9.17) is 0 Å². The standard InChI is InChI=1S/C15H19N2O4P/c1-10(2)8-12(13(18)19)16-14(20)15(17-22(15)21)9-11-6-4-3-5-7-11/h3-7,10,12H,8-9H2,1-2H3,(H2-,16,17,18,19,20,21)/p+1/t12-,15+/m0/s1. The van der Waals surface area contributed by atoms with Crippen LogP contribution in [0.2, 0.25) is 0 Å². The van der Waals surface area contributed by atoms with E-state index in [0.29, 0.717) is 6.42 Å². The largest absolute Gasteiger partial charge is 0.480 e. The van der Waals surface area contributed by atoms with Crippen molar-refractivity contribution in [3.05, 3.63) is 35.9 Å². The fourth-order valence-electron chi connectivity index (χ4n) is 2.34. The number of carbonyl (C=O) groups excluding carboxylic acids is 1. The summed E-state index contributed by atoms with van der Waals surface area (Å²) in [7, 11) is -1.86. The number of nitrogens with one attached hydrogen (secondary N) is 2. The Morgan fingerprint density at radius 2 is 1.91 bits per heavy atom. The zero-order chi connectivity index (χ0) is 16.3. The van der Waals surface area contributed by atoms with Crippen molar-refractivity contribution >= 4 is 19.8 Å². The van der Waals surface area contributed by atoms with Crippen LogP contribution in [0.25, 0.3) is 0 Å². The monoisotopic (exact) mass is 323 g/mol. The Kier molecular flexibility index (Phi) is 4.94. The Labute approximate surface area is 130 Å². The minimum atomic E-state index is -1.86. The van der Waals surface area contributed by atoms with Gasteiger partial charge in [0.15, 0.2) is 0 Å². The van der Waals surface area contributed by atoms with E-state index < -0.39 is 31.2 Å². The lowest BCUT2D eigenvalue weighted by atomic mass is 10.0. The number of hydrogen-bond acceptors (Lipinski definition) is 3. The molecule has 118 valence electrons. The first kappa shape index (κ1) is 16.6. The molecule has 1 amide bonds. The molecule has 1 saturated heterocycles. The van der Waals surface area contributed by atoms with Gasteiger partial charge in [0.05, 0.1) is 6.42 Å². The van der Waals surface area contributed by atoms with Crippen LogP contribution in [0.1, 0.15) is 25.8 Å². The number of amides is 1. The number of carbonyl (C=O) groups is 2. The van der Waals surface area contributed by atoms with Crippen molar-refractivity contribution in [1.82, 2.24) is 10.4 Å². The normalized spacial score (nSPS) is 23.1. The predicted molar refractivity (Wildman–Crippen MR) is 82.6 cm³/mol. The molecule has 3 atom stereocenters. The van der Waals surface area contributed by atoms with Gasteiger partial charge < -0.3 is 10.4 Å². The summed E-state index contributed by atoms with van der Waals surface area (Å²) in [5.41, 5.74) is 0.877. The summed E-state index contributed by atoms with van der Waals surface area (Å²) in [5.74, 6) is -1.45. The minimum Gasteiger partial charge on any atom is -0.480 e. The average Bonchev–Trinajstić information content (AvgIpc) is 3.09. The molecule has 22 heavy (non-hydrogen) atoms. The second kappa shape index (κ2) is 6.55. The zero-order valence-electron chi connectivity index (χ0n) is 12.6. The van der Waals surface area contributed by atoms with Gasteiger partial charge in [0.2, 0.25) is 0 Å². The highest BCUT2D eigenvalue weighted by atomic mass is 31.1. The van der Waals surface area contributed by atoms with Gasteiger partial charge in [0.25, 0.3) is 5.91 Å². The fraction of sp³-hybridized carbons (Fsp3) is 0.467. The topological polar surface area (TPSA) is 105 Å². The van der Waals surface area contributed by atoms with Crippen molar-refractivity contribution in [3.8, 4) is 0 Å². The van der Waals surface area contributed by atoms with Crippen molar-refractivity contribution in [2.45, 2.75) is 38.0 Å². The van der Waals surface area contributed by atoms with Crippen LogP contribution < -0.4 is 10.4 Å². The van der Waals surface area contributed by atoms with Gasteiger partial charge in [-0.15, -0.1) is 0 Å². The molecule has 1 aliphatic rings. The number of rotatable bonds is 7. The van der Waals surface area contributed by atoms with Crippen LogP contribution in [-0.2, 0) is 20.6 Å². The molecule has 6 nitrogen and oxygen atoms in total. The van der Waals surface area contributed by atoms with Crippen molar-refractivity contribution in [2.75, 3.05) is 0 Å². The highest BCUT2D eigenvalue weighted by Crippen LogP contribution is 2.53. The first-order valence-electron chi connectivity index (χ1n) is 7.18. The van der Waals surface area contributed by atoms with E-state index in [0.717, 1.165) is 5.56 Å². The lowest BCUT2D eigenvalue weighted by molar-refractivity contribution is -0.142. The van der Waals surface area contributed by atoms with E-state index in [1.807, 2.05) is 44.2 Å². The third kappa shape index (κ3) is 3.70. The molecule has 0 radical (unpaired) electrons. The zero-order valence-corrected chi connectivity index (χ0v) is 13.5. The Balaban J connectivity index is 2.09. The molecule has 0 spiro atoms. The van der Waals surface area contributed by atoms with Crippen LogP contribution in [0.5, 0.6) is 0 Å². The lowest BCUT2D eigenvalue weighted by Crippen LogP contribution is -2.48. The summed E-state index contributed by atoms with van der Waals surface area (Å²) in [6.07, 6.45) is 0.613. The number of carboxylic acids is 1. The molecule has 2 rings (SSSR count). The van der Waals surface area contributed by atoms with Crippen molar-refractivity contribution in [2.24, 2.45) is 5.92 Å². The maximum absolute atomic E-state index is 12.4. The number of carboxylic acid groups (broad SMARTS) is 1. The van der Waals surface area contributed by atoms with Gasteiger partial charge in [0.1, 0.15) is 6.04 Å². The molecular formula is C15H20N2O4P+. The molecule has 1 unspecified atom stereocenters. The quantitative estimate of drug-likeness (QED) is 0.525. The molecular weight excluding hydrogens is 303 g/mol. The van der Waals surface area contributed by atoms with Gasteiger partial charge in [-0.3, -0.25) is 4.79 Å². The number of benzene rings is 1. The molecule has 1 aromatic carbocycles. The average molecular weight is 323 g/mol. The molecule has 0 bridgehead atoms. The highest BCUT2D eigenvalue weighted by Gasteiger charge is 2.75. The van der Waals surface area contributed by atoms with Crippen LogP contribution in [0.3, 0.4) is 0 Å². The molecule has 1 heterocycles. The van der Waals surface area contributed by atoms with E-state index in [1.54, 1.807) is 0 Å². The molecule has 1 fully saturated rings. The summed E-state index contributed by atoms with van der Waals surface area (Å²) >= 11 is 0. The summed E-state index contributed by atoms with van der Waals surface area (Å²) in [4.78, 5) is 23.7. The Bertz CT molecular complexity index is 590. The summed E-state index contributed by atoms with van der Waals surface area (Å²) < 4.78 is 11.9. The molecule has 7 heteroatoms. The van der Waals surface area contributed by atoms with Crippen molar-refractivity contribution in [1.29, 1.82) is 0 Å². The highest BCUT2D eigenvalue weighted by molar-refractivity contribution is 7.54. The Morgan fingerprint density at radius 3 is 2.36 bits per heavy atom. The van der Waals surface area contributed by atoms with Gasteiger partial charge in [-0.2, -0.15) is 0 Å². The maximum atomic E-state index is 12.4. The second-order valence-electron chi connectivity index (χ2n) is 5.92. The van der Waals surface area contributed by atoms with Gasteiger partial charge in [-0.1, -0.05) is 44.2 Å². The second-order valence-corrected chi connectivity index (χ2v) is 7.50. The van der Waals surface area contributed by atoms with E-state index in [-0.39, 0.29) is 12.3 Å². The molecule has 1 aromatic rings. The van der Waals surface area contributed by atoms with Gasteiger partial charge >= 0.3 is 19.2 Å². The first-order valence-corrected chi connectivity index (χ1v) is 8.44. The van der Waals surface area contributed by atoms with E-state index in [9.17, 15) is 19.3 Å². The summed E-state index contributed by atoms with van der Waals surface area (Å²) in [5, 5.41) is 13.2. The maximum Gasteiger partial charge on any atom is 0.473 e. The summed E-state index contributed by atoms with van der Waals surface area (Å²) in [6, 6.07) is 8.28. The summed E-state index contributed by atoms with van der Waals surface area (Å²) in [6.45, 7) is 3.77. The van der Waals surface area contributed by atoms with Gasteiger partial charge in [0, 0.05) is 0 Å². The van der Waals surface area contributed by atoms with Gasteiger partial charge in [-0.25, -0.2) is 4.79 Å². The van der Waals surface area contributed by atoms with Crippen LogP contribution in [0.4, 0.5) is 0 Å². The SMILES string of the molecule is CC(C)C[C@H](NC(=O)[C@]1(Cc2ccccc2)N[P+]1=O)C(=O)O. The third-order valence-electron chi connectivity index (χ3n) is 3.57. The predicted octanol–water partition coefficient (Wildman–Crippen LogP) is 1.89. The van der Waals surface area contributed by atoms with E-state index in [1.165, 1.54) is 0 Å². The Morgan fingerprint density at radius 1 is 1.32 bits per heavy atom. The first-order chi connectivity index (χ1) is 10.3. The minimum absolute atomic E-state index is 0.132. The van der Waals surface area contributed by atoms with Crippen LogP contribution in [0, 0.1) is 5.92 Å². The fourth-order valence-corrected chi connectivity index (χ4v) is 3.50. The smallest absolute Gasteiger partial charge is 0.473 e. The van der Waals surface area contributed by atoms with Crippen molar-refractivity contribution < 1.29 is 19.3 Å². The molecule has 3 N–H and O–H groups in total. The van der Waals surface area contributed by atoms with Crippen LogP contribution >= 0.6 is 7.95 Å². The molecule has 1 aliphatic heterocycles. The third-order valence-corrected chi connectivity index (χ3v) is 5.10. The lowest BCUT2D eigenvalue weighted by Gasteiger charge is -2.16.